The highest BCUT2D eigenvalue weighted by Gasteiger charge is 2.23. The average Bonchev–Trinajstić information content (AvgIpc) is 2.34. The van der Waals surface area contributed by atoms with Crippen LogP contribution >= 0.6 is 15.9 Å². The molecule has 1 aromatic heterocycles. The highest BCUT2D eigenvalue weighted by atomic mass is 79.9. The van der Waals surface area contributed by atoms with Gasteiger partial charge in [0.25, 0.3) is 0 Å². The van der Waals surface area contributed by atoms with E-state index in [1.165, 1.54) is 0 Å². The molecule has 2 rings (SSSR count). The molecule has 5 heteroatoms. The number of pyridine rings is 1. The first-order chi connectivity index (χ1) is 8.49. The molecule has 0 bridgehead atoms. The summed E-state index contributed by atoms with van der Waals surface area (Å²) in [5.74, 6) is 0.906. The maximum Gasteiger partial charge on any atom is 0.140 e. The van der Waals surface area contributed by atoms with E-state index in [0.717, 1.165) is 40.9 Å². The number of piperidine rings is 1. The number of hydrogen-bond acceptors (Lipinski definition) is 4. The van der Waals surface area contributed by atoms with Crippen molar-refractivity contribution in [2.45, 2.75) is 38.8 Å². The minimum absolute atomic E-state index is 0.489. The maximum absolute atomic E-state index is 5.84. The summed E-state index contributed by atoms with van der Waals surface area (Å²) in [7, 11) is 2.18. The standard InChI is InChI=1S/C13H21BrN4/c1-8-6-10(4-5-18(8)3)17-13-12(14)9(2)11(15)7-16-13/h7-8,10H,4-6,15H2,1-3H3,(H,16,17). The lowest BCUT2D eigenvalue weighted by molar-refractivity contribution is 0.190. The number of anilines is 2. The second kappa shape index (κ2) is 5.45. The first kappa shape index (κ1) is 13.6. The molecular weight excluding hydrogens is 292 g/mol. The van der Waals surface area contributed by atoms with Gasteiger partial charge in [-0.15, -0.1) is 0 Å². The third kappa shape index (κ3) is 2.78. The number of nitrogens with two attached hydrogens (primary N) is 1. The number of rotatable bonds is 2. The molecule has 2 atom stereocenters. The zero-order chi connectivity index (χ0) is 13.3. The van der Waals surface area contributed by atoms with Gasteiger partial charge in [0, 0.05) is 18.6 Å². The number of halogens is 1. The van der Waals surface area contributed by atoms with Crippen LogP contribution in [0.2, 0.25) is 0 Å². The summed E-state index contributed by atoms with van der Waals surface area (Å²) in [6, 6.07) is 1.10. The summed E-state index contributed by atoms with van der Waals surface area (Å²) < 4.78 is 0.981. The van der Waals surface area contributed by atoms with Crippen molar-refractivity contribution in [1.29, 1.82) is 0 Å². The Labute approximate surface area is 117 Å². The first-order valence-electron chi connectivity index (χ1n) is 6.36. The van der Waals surface area contributed by atoms with Crippen molar-refractivity contribution in [2.24, 2.45) is 0 Å². The number of hydrogen-bond donors (Lipinski definition) is 2. The number of nitrogen functional groups attached to an aromatic ring is 1. The van der Waals surface area contributed by atoms with Gasteiger partial charge in [-0.25, -0.2) is 4.98 Å². The van der Waals surface area contributed by atoms with Gasteiger partial charge in [0.1, 0.15) is 5.82 Å². The average molecular weight is 313 g/mol. The molecule has 1 fully saturated rings. The molecule has 1 saturated heterocycles. The summed E-state index contributed by atoms with van der Waals surface area (Å²) in [4.78, 5) is 6.78. The van der Waals surface area contributed by atoms with Crippen molar-refractivity contribution >= 4 is 27.4 Å². The predicted octanol–water partition coefficient (Wildman–Crippen LogP) is 2.63. The van der Waals surface area contributed by atoms with Gasteiger partial charge in [0.05, 0.1) is 16.4 Å². The van der Waals surface area contributed by atoms with Gasteiger partial charge < -0.3 is 16.0 Å². The Morgan fingerprint density at radius 2 is 2.28 bits per heavy atom. The van der Waals surface area contributed by atoms with E-state index in [4.69, 9.17) is 5.73 Å². The Balaban J connectivity index is 2.08. The van der Waals surface area contributed by atoms with Crippen molar-refractivity contribution in [3.8, 4) is 0 Å². The lowest BCUT2D eigenvalue weighted by Crippen LogP contribution is -2.42. The Morgan fingerprint density at radius 3 is 2.94 bits per heavy atom. The number of likely N-dealkylation sites (tertiary alicyclic amines) is 1. The van der Waals surface area contributed by atoms with Crippen LogP contribution in [0.5, 0.6) is 0 Å². The van der Waals surface area contributed by atoms with E-state index in [1.807, 2.05) is 6.92 Å². The molecular formula is C13H21BrN4. The van der Waals surface area contributed by atoms with Gasteiger partial charge in [-0.1, -0.05) is 0 Å². The van der Waals surface area contributed by atoms with Crippen LogP contribution in [0, 0.1) is 6.92 Å². The summed E-state index contributed by atoms with van der Waals surface area (Å²) in [5, 5.41) is 3.53. The zero-order valence-corrected chi connectivity index (χ0v) is 12.8. The third-order valence-corrected chi connectivity index (χ3v) is 4.82. The van der Waals surface area contributed by atoms with E-state index in [9.17, 15) is 0 Å². The largest absolute Gasteiger partial charge is 0.397 e. The molecule has 0 aromatic carbocycles. The van der Waals surface area contributed by atoms with Crippen molar-refractivity contribution in [2.75, 3.05) is 24.6 Å². The minimum atomic E-state index is 0.489. The van der Waals surface area contributed by atoms with Crippen LogP contribution in [0.25, 0.3) is 0 Å². The number of nitrogens with zero attached hydrogens (tertiary/aromatic N) is 2. The van der Waals surface area contributed by atoms with Crippen molar-refractivity contribution in [3.63, 3.8) is 0 Å². The molecule has 0 aliphatic carbocycles. The Bertz CT molecular complexity index is 435. The van der Waals surface area contributed by atoms with Crippen LogP contribution in [0.3, 0.4) is 0 Å². The van der Waals surface area contributed by atoms with Crippen LogP contribution in [0.15, 0.2) is 10.7 Å². The van der Waals surface area contributed by atoms with Crippen LogP contribution in [0.1, 0.15) is 25.3 Å². The number of nitrogens with one attached hydrogen (secondary N) is 1. The molecule has 1 aliphatic rings. The summed E-state index contributed by atoms with van der Waals surface area (Å²) >= 11 is 3.57. The van der Waals surface area contributed by atoms with Gasteiger partial charge in [0.2, 0.25) is 0 Å². The zero-order valence-electron chi connectivity index (χ0n) is 11.2. The fraction of sp³-hybridized carbons (Fsp3) is 0.615. The van der Waals surface area contributed by atoms with Crippen LogP contribution in [-0.4, -0.2) is 35.6 Å². The monoisotopic (exact) mass is 312 g/mol. The minimum Gasteiger partial charge on any atom is -0.397 e. The molecule has 100 valence electrons. The van der Waals surface area contributed by atoms with Crippen LogP contribution < -0.4 is 11.1 Å². The molecule has 1 aliphatic heterocycles. The summed E-state index contributed by atoms with van der Waals surface area (Å²) in [5.41, 5.74) is 7.61. The van der Waals surface area contributed by atoms with E-state index < -0.39 is 0 Å². The lowest BCUT2D eigenvalue weighted by atomic mass is 9.99. The SMILES string of the molecule is Cc1c(N)cnc(NC2CCN(C)C(C)C2)c1Br. The van der Waals surface area contributed by atoms with Crippen molar-refractivity contribution < 1.29 is 0 Å². The molecule has 2 unspecified atom stereocenters. The predicted molar refractivity (Wildman–Crippen MR) is 79.8 cm³/mol. The highest BCUT2D eigenvalue weighted by Crippen LogP contribution is 2.29. The second-order valence-corrected chi connectivity index (χ2v) is 5.99. The van der Waals surface area contributed by atoms with E-state index >= 15 is 0 Å². The van der Waals surface area contributed by atoms with E-state index in [0.29, 0.717) is 12.1 Å². The Morgan fingerprint density at radius 1 is 1.56 bits per heavy atom. The maximum atomic E-state index is 5.84. The quantitative estimate of drug-likeness (QED) is 0.881. The van der Waals surface area contributed by atoms with Crippen molar-refractivity contribution in [1.82, 2.24) is 9.88 Å². The van der Waals surface area contributed by atoms with Gasteiger partial charge in [-0.2, -0.15) is 0 Å². The second-order valence-electron chi connectivity index (χ2n) is 5.20. The van der Waals surface area contributed by atoms with Gasteiger partial charge in [0.15, 0.2) is 0 Å². The van der Waals surface area contributed by atoms with Crippen LogP contribution in [0.4, 0.5) is 11.5 Å². The molecule has 0 amide bonds. The van der Waals surface area contributed by atoms with E-state index in [1.54, 1.807) is 6.20 Å². The molecule has 18 heavy (non-hydrogen) atoms. The summed E-state index contributed by atoms with van der Waals surface area (Å²) in [6.45, 7) is 5.40. The van der Waals surface area contributed by atoms with Gasteiger partial charge >= 0.3 is 0 Å². The van der Waals surface area contributed by atoms with Gasteiger partial charge in [-0.3, -0.25) is 0 Å². The molecule has 0 spiro atoms. The third-order valence-electron chi connectivity index (χ3n) is 3.85. The lowest BCUT2D eigenvalue weighted by Gasteiger charge is -2.35. The fourth-order valence-electron chi connectivity index (χ4n) is 2.31. The number of aromatic nitrogens is 1. The highest BCUT2D eigenvalue weighted by molar-refractivity contribution is 9.10. The smallest absolute Gasteiger partial charge is 0.140 e. The topological polar surface area (TPSA) is 54.2 Å². The van der Waals surface area contributed by atoms with E-state index in [2.05, 4.69) is 45.1 Å². The molecule has 4 nitrogen and oxygen atoms in total. The normalized spacial score (nSPS) is 25.1. The molecule has 1 aromatic rings. The van der Waals surface area contributed by atoms with Crippen molar-refractivity contribution in [3.05, 3.63) is 16.2 Å². The first-order valence-corrected chi connectivity index (χ1v) is 7.15. The molecule has 3 N–H and O–H groups in total. The van der Waals surface area contributed by atoms with E-state index in [-0.39, 0.29) is 0 Å². The molecule has 0 radical (unpaired) electrons. The Hall–Kier alpha value is -0.810. The summed E-state index contributed by atoms with van der Waals surface area (Å²) in [6.07, 6.45) is 4.02. The van der Waals surface area contributed by atoms with Crippen LogP contribution in [-0.2, 0) is 0 Å². The fourth-order valence-corrected chi connectivity index (χ4v) is 2.75. The Kier molecular flexibility index (Phi) is 4.12. The molecule has 0 saturated carbocycles. The molecule has 2 heterocycles. The van der Waals surface area contributed by atoms with Gasteiger partial charge in [-0.05, 0) is 55.2 Å².